The van der Waals surface area contributed by atoms with Gasteiger partial charge in [-0.2, -0.15) is 26.3 Å². The molecule has 0 bridgehead atoms. The van der Waals surface area contributed by atoms with Crippen LogP contribution in [0.2, 0.25) is 0 Å². The molecule has 0 saturated heterocycles. The summed E-state index contributed by atoms with van der Waals surface area (Å²) in [4.78, 5) is 0. The second kappa shape index (κ2) is 4.06. The Morgan fingerprint density at radius 1 is 1.14 bits per heavy atom. The Morgan fingerprint density at radius 3 is 1.79 bits per heavy atom. The molecule has 0 aliphatic rings. The Morgan fingerprint density at radius 2 is 1.57 bits per heavy atom. The summed E-state index contributed by atoms with van der Waals surface area (Å²) in [6.07, 6.45) is -10.3. The number of hydrogen-bond acceptors (Lipinski definition) is 0. The lowest BCUT2D eigenvalue weighted by atomic mass is 10.00. The molecular weight excluding hydrogens is 210 g/mol. The molecule has 0 fully saturated rings. The van der Waals surface area contributed by atoms with Crippen molar-refractivity contribution in [2.45, 2.75) is 18.8 Å². The number of rotatable bonds is 3. The third-order valence-corrected chi connectivity index (χ3v) is 1.57. The van der Waals surface area contributed by atoms with Gasteiger partial charge in [0.15, 0.2) is 0 Å². The summed E-state index contributed by atoms with van der Waals surface area (Å²) in [6.45, 7) is 5.39. The van der Waals surface area contributed by atoms with E-state index in [0.29, 0.717) is 6.08 Å². The normalized spacial score (nSPS) is 15.0. The van der Waals surface area contributed by atoms with Crippen molar-refractivity contribution < 1.29 is 26.3 Å². The molecule has 0 aliphatic heterocycles. The molecule has 1 unspecified atom stereocenters. The van der Waals surface area contributed by atoms with Gasteiger partial charge in [-0.1, -0.05) is 12.7 Å². The van der Waals surface area contributed by atoms with Crippen LogP contribution in [0.1, 0.15) is 6.42 Å². The van der Waals surface area contributed by atoms with Gasteiger partial charge < -0.3 is 0 Å². The second-order valence-corrected chi connectivity index (χ2v) is 2.69. The van der Waals surface area contributed by atoms with Crippen molar-refractivity contribution in [1.82, 2.24) is 0 Å². The fraction of sp³-hybridized carbons (Fsp3) is 0.500. The fourth-order valence-corrected chi connectivity index (χ4v) is 0.714. The predicted molar refractivity (Wildman–Crippen MR) is 39.6 cm³/mol. The van der Waals surface area contributed by atoms with Gasteiger partial charge in [0.05, 0.1) is 5.92 Å². The van der Waals surface area contributed by atoms with Crippen LogP contribution in [-0.2, 0) is 0 Å². The van der Waals surface area contributed by atoms with Crippen molar-refractivity contribution in [2.75, 3.05) is 0 Å². The smallest absolute Gasteiger partial charge is 0.170 e. The van der Waals surface area contributed by atoms with E-state index in [2.05, 4.69) is 13.2 Å². The number of allylic oxidation sites excluding steroid dienone is 2. The molecule has 0 saturated carbocycles. The highest BCUT2D eigenvalue weighted by Gasteiger charge is 2.42. The molecule has 0 aromatic heterocycles. The van der Waals surface area contributed by atoms with E-state index in [-0.39, 0.29) is 0 Å². The molecule has 0 N–H and O–H groups in total. The summed E-state index contributed by atoms with van der Waals surface area (Å²) in [6, 6.07) is 0. The minimum Gasteiger partial charge on any atom is -0.170 e. The van der Waals surface area contributed by atoms with Crippen LogP contribution in [0, 0.1) is 5.92 Å². The van der Waals surface area contributed by atoms with E-state index in [1.165, 1.54) is 0 Å². The second-order valence-electron chi connectivity index (χ2n) is 2.69. The first-order valence-corrected chi connectivity index (χ1v) is 3.53. The van der Waals surface area contributed by atoms with Crippen LogP contribution >= 0.6 is 0 Å². The van der Waals surface area contributed by atoms with E-state index in [9.17, 15) is 26.3 Å². The fourth-order valence-electron chi connectivity index (χ4n) is 0.714. The van der Waals surface area contributed by atoms with E-state index in [4.69, 9.17) is 0 Å². The Balaban J connectivity index is 4.51. The van der Waals surface area contributed by atoms with Crippen molar-refractivity contribution in [3.05, 3.63) is 24.8 Å². The SMILES string of the molecule is C=CC(CC(=C)C(F)(F)F)C(F)(F)F. The van der Waals surface area contributed by atoms with Crippen molar-refractivity contribution in [1.29, 1.82) is 0 Å². The molecule has 14 heavy (non-hydrogen) atoms. The quantitative estimate of drug-likeness (QED) is 0.498. The minimum absolute atomic E-state index is 0.441. The standard InChI is InChI=1S/C8H8F6/c1-3-6(8(12,13)14)4-5(2)7(9,10)11/h3,6H,1-2,4H2. The summed E-state index contributed by atoms with van der Waals surface area (Å²) in [7, 11) is 0. The summed E-state index contributed by atoms with van der Waals surface area (Å²) in [5.41, 5.74) is -1.40. The molecule has 0 spiro atoms. The van der Waals surface area contributed by atoms with Gasteiger partial charge in [-0.05, 0) is 6.42 Å². The molecule has 0 rings (SSSR count). The van der Waals surface area contributed by atoms with Gasteiger partial charge in [-0.15, -0.1) is 6.58 Å². The van der Waals surface area contributed by atoms with Crippen LogP contribution in [0.25, 0.3) is 0 Å². The van der Waals surface area contributed by atoms with E-state index < -0.39 is 30.3 Å². The summed E-state index contributed by atoms with van der Waals surface area (Å²) < 4.78 is 71.5. The van der Waals surface area contributed by atoms with Crippen LogP contribution in [0.3, 0.4) is 0 Å². The number of alkyl halides is 6. The van der Waals surface area contributed by atoms with Crippen LogP contribution in [-0.4, -0.2) is 12.4 Å². The molecule has 0 amide bonds. The van der Waals surface area contributed by atoms with E-state index in [1.54, 1.807) is 0 Å². The highest BCUT2D eigenvalue weighted by atomic mass is 19.4. The first-order chi connectivity index (χ1) is 6.09. The average molecular weight is 218 g/mol. The lowest BCUT2D eigenvalue weighted by Crippen LogP contribution is -2.24. The van der Waals surface area contributed by atoms with Gasteiger partial charge in [-0.3, -0.25) is 0 Å². The molecule has 6 heteroatoms. The highest BCUT2D eigenvalue weighted by molar-refractivity contribution is 5.07. The van der Waals surface area contributed by atoms with E-state index in [1.807, 2.05) is 0 Å². The Hall–Kier alpha value is -0.940. The monoisotopic (exact) mass is 218 g/mol. The highest BCUT2D eigenvalue weighted by Crippen LogP contribution is 2.36. The Bertz CT molecular complexity index is 221. The molecule has 0 radical (unpaired) electrons. The lowest BCUT2D eigenvalue weighted by molar-refractivity contribution is -0.165. The van der Waals surface area contributed by atoms with E-state index in [0.717, 1.165) is 0 Å². The zero-order valence-corrected chi connectivity index (χ0v) is 7.04. The van der Waals surface area contributed by atoms with Gasteiger partial charge in [0.25, 0.3) is 0 Å². The summed E-state index contributed by atoms with van der Waals surface area (Å²) >= 11 is 0. The van der Waals surface area contributed by atoms with Crippen LogP contribution in [0.15, 0.2) is 24.8 Å². The molecular formula is C8H8F6. The number of hydrogen-bond donors (Lipinski definition) is 0. The third-order valence-electron chi connectivity index (χ3n) is 1.57. The van der Waals surface area contributed by atoms with Gasteiger partial charge >= 0.3 is 12.4 Å². The molecule has 82 valence electrons. The first kappa shape index (κ1) is 13.1. The first-order valence-electron chi connectivity index (χ1n) is 3.53. The summed E-state index contributed by atoms with van der Waals surface area (Å²) in [5.74, 6) is -2.20. The van der Waals surface area contributed by atoms with Crippen molar-refractivity contribution in [3.8, 4) is 0 Å². The van der Waals surface area contributed by atoms with Gasteiger partial charge in [0.2, 0.25) is 0 Å². The molecule has 0 aromatic carbocycles. The van der Waals surface area contributed by atoms with Gasteiger partial charge in [-0.25, -0.2) is 0 Å². The molecule has 0 nitrogen and oxygen atoms in total. The van der Waals surface area contributed by atoms with Gasteiger partial charge in [0, 0.05) is 5.57 Å². The Labute approximate surface area is 76.9 Å². The maximum absolute atomic E-state index is 12.0. The molecule has 0 aromatic rings. The third kappa shape index (κ3) is 3.85. The summed E-state index contributed by atoms with van der Waals surface area (Å²) in [5, 5.41) is 0. The molecule has 0 aliphatic carbocycles. The van der Waals surface area contributed by atoms with Crippen LogP contribution in [0.5, 0.6) is 0 Å². The topological polar surface area (TPSA) is 0 Å². The number of halogens is 6. The average Bonchev–Trinajstić information content (AvgIpc) is 1.95. The minimum atomic E-state index is -4.79. The zero-order valence-electron chi connectivity index (χ0n) is 7.04. The zero-order chi connectivity index (χ0) is 11.6. The maximum Gasteiger partial charge on any atom is 0.412 e. The predicted octanol–water partition coefficient (Wildman–Crippen LogP) is 3.86. The molecule has 1 atom stereocenters. The van der Waals surface area contributed by atoms with Crippen molar-refractivity contribution >= 4 is 0 Å². The van der Waals surface area contributed by atoms with Crippen LogP contribution in [0.4, 0.5) is 26.3 Å². The largest absolute Gasteiger partial charge is 0.412 e. The van der Waals surface area contributed by atoms with Gasteiger partial charge in [0.1, 0.15) is 0 Å². The maximum atomic E-state index is 12.0. The van der Waals surface area contributed by atoms with E-state index >= 15 is 0 Å². The lowest BCUT2D eigenvalue weighted by Gasteiger charge is -2.18. The van der Waals surface area contributed by atoms with Crippen molar-refractivity contribution in [3.63, 3.8) is 0 Å². The van der Waals surface area contributed by atoms with Crippen molar-refractivity contribution in [2.24, 2.45) is 5.92 Å². The Kier molecular flexibility index (Phi) is 3.79. The molecule has 0 heterocycles. The van der Waals surface area contributed by atoms with Crippen LogP contribution < -0.4 is 0 Å².